The molecule has 2 aliphatic rings. The summed E-state index contributed by atoms with van der Waals surface area (Å²) in [5.41, 5.74) is -0.105. The molecule has 5 nitrogen and oxygen atoms in total. The summed E-state index contributed by atoms with van der Waals surface area (Å²) in [7, 11) is 0. The number of piperazine rings is 1. The van der Waals surface area contributed by atoms with Crippen molar-refractivity contribution in [3.8, 4) is 0 Å². The molecule has 2 rings (SSSR count). The highest BCUT2D eigenvalue weighted by molar-refractivity contribution is 5.94. The lowest BCUT2D eigenvalue weighted by atomic mass is 10.0. The number of carbonyl (C=O) groups is 2. The zero-order valence-corrected chi connectivity index (χ0v) is 12.1. The van der Waals surface area contributed by atoms with Gasteiger partial charge in [-0.05, 0) is 33.1 Å². The van der Waals surface area contributed by atoms with Gasteiger partial charge in [-0.1, -0.05) is 13.3 Å². The second-order valence-corrected chi connectivity index (χ2v) is 6.11. The number of nitrogens with one attached hydrogen (secondary N) is 1. The highest BCUT2D eigenvalue weighted by Gasteiger charge is 2.38. The average Bonchev–Trinajstić information content (AvgIpc) is 2.68. The molecule has 0 aromatic heterocycles. The maximum Gasteiger partial charge on any atom is 0.243 e. The van der Waals surface area contributed by atoms with Crippen LogP contribution in [0, 0.1) is 0 Å². The Morgan fingerprint density at radius 1 is 1.42 bits per heavy atom. The molecule has 19 heavy (non-hydrogen) atoms. The molecule has 0 aliphatic carbocycles. The molecule has 0 aromatic rings. The van der Waals surface area contributed by atoms with E-state index in [1.807, 2.05) is 6.92 Å². The molecular formula is C14H24N2O3. The van der Waals surface area contributed by atoms with Crippen LogP contribution >= 0.6 is 0 Å². The van der Waals surface area contributed by atoms with Crippen LogP contribution in [-0.2, 0) is 14.3 Å². The Kier molecular flexibility index (Phi) is 4.13. The SMILES string of the molecule is CCCC1C(=O)NCC(=O)N1CC1CCC(C)(C)O1. The Morgan fingerprint density at radius 3 is 2.74 bits per heavy atom. The van der Waals surface area contributed by atoms with Gasteiger partial charge in [-0.3, -0.25) is 9.59 Å². The molecular weight excluding hydrogens is 244 g/mol. The number of hydrogen-bond donors (Lipinski definition) is 1. The number of nitrogens with zero attached hydrogens (tertiary/aromatic N) is 1. The minimum atomic E-state index is -0.321. The molecule has 2 atom stereocenters. The maximum absolute atomic E-state index is 12.0. The topological polar surface area (TPSA) is 58.6 Å². The van der Waals surface area contributed by atoms with E-state index >= 15 is 0 Å². The van der Waals surface area contributed by atoms with E-state index in [9.17, 15) is 9.59 Å². The first-order valence-electron chi connectivity index (χ1n) is 7.18. The van der Waals surface area contributed by atoms with Crippen LogP contribution in [0.15, 0.2) is 0 Å². The third-order valence-electron chi connectivity index (χ3n) is 3.93. The van der Waals surface area contributed by atoms with Gasteiger partial charge >= 0.3 is 0 Å². The van der Waals surface area contributed by atoms with E-state index < -0.39 is 0 Å². The lowest BCUT2D eigenvalue weighted by molar-refractivity contribution is -0.148. The first-order chi connectivity index (χ1) is 8.93. The first-order valence-corrected chi connectivity index (χ1v) is 7.18. The van der Waals surface area contributed by atoms with E-state index in [0.717, 1.165) is 19.3 Å². The molecule has 0 radical (unpaired) electrons. The Labute approximate surface area is 114 Å². The zero-order chi connectivity index (χ0) is 14.0. The maximum atomic E-state index is 12.0. The van der Waals surface area contributed by atoms with Gasteiger partial charge in [0.2, 0.25) is 11.8 Å². The minimum Gasteiger partial charge on any atom is -0.371 e. The fraction of sp³-hybridized carbons (Fsp3) is 0.857. The molecule has 2 unspecified atom stereocenters. The number of hydrogen-bond acceptors (Lipinski definition) is 3. The van der Waals surface area contributed by atoms with Crippen molar-refractivity contribution in [2.75, 3.05) is 13.1 Å². The fourth-order valence-corrected chi connectivity index (χ4v) is 2.91. The largest absolute Gasteiger partial charge is 0.371 e. The molecule has 2 fully saturated rings. The van der Waals surface area contributed by atoms with Gasteiger partial charge in [-0.25, -0.2) is 0 Å². The highest BCUT2D eigenvalue weighted by atomic mass is 16.5. The van der Waals surface area contributed by atoms with Crippen LogP contribution in [0.25, 0.3) is 0 Å². The van der Waals surface area contributed by atoms with Crippen molar-refractivity contribution in [3.05, 3.63) is 0 Å². The van der Waals surface area contributed by atoms with Crippen molar-refractivity contribution in [1.29, 1.82) is 0 Å². The average molecular weight is 268 g/mol. The van der Waals surface area contributed by atoms with Gasteiger partial charge in [0.15, 0.2) is 0 Å². The Bertz CT molecular complexity index is 368. The molecule has 1 N–H and O–H groups in total. The normalized spacial score (nSPS) is 30.6. The van der Waals surface area contributed by atoms with Crippen molar-refractivity contribution < 1.29 is 14.3 Å². The van der Waals surface area contributed by atoms with E-state index in [4.69, 9.17) is 4.74 Å². The monoisotopic (exact) mass is 268 g/mol. The van der Waals surface area contributed by atoms with Crippen molar-refractivity contribution in [2.24, 2.45) is 0 Å². The second kappa shape index (κ2) is 5.49. The molecule has 2 heterocycles. The summed E-state index contributed by atoms with van der Waals surface area (Å²) in [6, 6.07) is -0.321. The highest BCUT2D eigenvalue weighted by Crippen LogP contribution is 2.30. The molecule has 2 aliphatic heterocycles. The number of amides is 2. The number of rotatable bonds is 4. The lowest BCUT2D eigenvalue weighted by Crippen LogP contribution is -2.59. The third kappa shape index (κ3) is 3.26. The fourth-order valence-electron chi connectivity index (χ4n) is 2.91. The van der Waals surface area contributed by atoms with Gasteiger partial charge in [-0.2, -0.15) is 0 Å². The molecule has 0 aromatic carbocycles. The summed E-state index contributed by atoms with van der Waals surface area (Å²) in [5.74, 6) is -0.0231. The Morgan fingerprint density at radius 2 is 2.16 bits per heavy atom. The third-order valence-corrected chi connectivity index (χ3v) is 3.93. The van der Waals surface area contributed by atoms with Gasteiger partial charge < -0.3 is 15.0 Å². The quantitative estimate of drug-likeness (QED) is 0.829. The van der Waals surface area contributed by atoms with Crippen LogP contribution in [0.2, 0.25) is 0 Å². The predicted molar refractivity (Wildman–Crippen MR) is 71.6 cm³/mol. The summed E-state index contributed by atoms with van der Waals surface area (Å²) in [6.45, 7) is 6.83. The summed E-state index contributed by atoms with van der Waals surface area (Å²) in [4.78, 5) is 25.6. The van der Waals surface area contributed by atoms with Crippen LogP contribution in [-0.4, -0.2) is 47.6 Å². The van der Waals surface area contributed by atoms with E-state index in [0.29, 0.717) is 13.0 Å². The van der Waals surface area contributed by atoms with E-state index in [1.54, 1.807) is 4.90 Å². The van der Waals surface area contributed by atoms with E-state index in [-0.39, 0.29) is 36.1 Å². The molecule has 2 saturated heterocycles. The Hall–Kier alpha value is -1.10. The second-order valence-electron chi connectivity index (χ2n) is 6.11. The van der Waals surface area contributed by atoms with E-state index in [2.05, 4.69) is 19.2 Å². The van der Waals surface area contributed by atoms with Gasteiger partial charge in [-0.15, -0.1) is 0 Å². The van der Waals surface area contributed by atoms with Crippen molar-refractivity contribution in [1.82, 2.24) is 10.2 Å². The van der Waals surface area contributed by atoms with Crippen LogP contribution in [0.1, 0.15) is 46.5 Å². The van der Waals surface area contributed by atoms with Crippen LogP contribution in [0.3, 0.4) is 0 Å². The van der Waals surface area contributed by atoms with Crippen molar-refractivity contribution in [2.45, 2.75) is 64.2 Å². The molecule has 108 valence electrons. The molecule has 0 saturated carbocycles. The molecule has 0 bridgehead atoms. The number of carbonyl (C=O) groups excluding carboxylic acids is 2. The minimum absolute atomic E-state index is 0.00589. The smallest absolute Gasteiger partial charge is 0.243 e. The van der Waals surface area contributed by atoms with Gasteiger partial charge in [0.25, 0.3) is 0 Å². The predicted octanol–water partition coefficient (Wildman–Crippen LogP) is 1.07. The lowest BCUT2D eigenvalue weighted by Gasteiger charge is -2.36. The van der Waals surface area contributed by atoms with Crippen molar-refractivity contribution in [3.63, 3.8) is 0 Å². The van der Waals surface area contributed by atoms with Crippen LogP contribution < -0.4 is 5.32 Å². The molecule has 5 heteroatoms. The molecule has 0 spiro atoms. The standard InChI is InChI=1S/C14H24N2O3/c1-4-5-11-13(18)15-8-12(17)16(11)9-10-6-7-14(2,3)19-10/h10-11H,4-9H2,1-3H3,(H,15,18). The summed E-state index contributed by atoms with van der Waals surface area (Å²) in [6.07, 6.45) is 3.62. The van der Waals surface area contributed by atoms with Crippen molar-refractivity contribution >= 4 is 11.8 Å². The van der Waals surface area contributed by atoms with Gasteiger partial charge in [0, 0.05) is 6.54 Å². The molecule has 2 amide bonds. The van der Waals surface area contributed by atoms with Crippen LogP contribution in [0.5, 0.6) is 0 Å². The van der Waals surface area contributed by atoms with Gasteiger partial charge in [0.1, 0.15) is 6.04 Å². The Balaban J connectivity index is 2.02. The van der Waals surface area contributed by atoms with E-state index in [1.165, 1.54) is 0 Å². The van der Waals surface area contributed by atoms with Crippen LogP contribution in [0.4, 0.5) is 0 Å². The first kappa shape index (κ1) is 14.3. The zero-order valence-electron chi connectivity index (χ0n) is 12.1. The number of ether oxygens (including phenoxy) is 1. The summed E-state index contributed by atoms with van der Waals surface area (Å²) >= 11 is 0. The summed E-state index contributed by atoms with van der Waals surface area (Å²) in [5, 5.41) is 2.67. The summed E-state index contributed by atoms with van der Waals surface area (Å²) < 4.78 is 5.94. The van der Waals surface area contributed by atoms with Gasteiger partial charge in [0.05, 0.1) is 18.2 Å².